The Morgan fingerprint density at radius 2 is 1.92 bits per heavy atom. The molecule has 0 aliphatic carbocycles. The summed E-state index contributed by atoms with van der Waals surface area (Å²) in [5.74, 6) is -0.363. The number of aryl methyl sites for hydroxylation is 1. The lowest BCUT2D eigenvalue weighted by atomic mass is 10.2. The fraction of sp³-hybridized carbons (Fsp3) is 0.222. The van der Waals surface area contributed by atoms with E-state index < -0.39 is 0 Å². The highest BCUT2D eigenvalue weighted by Crippen LogP contribution is 2.03. The number of nitrogens with one attached hydrogen (secondary N) is 1. The number of hydroxylamine groups is 1. The van der Waals surface area contributed by atoms with E-state index in [1.165, 1.54) is 0 Å². The second kappa shape index (κ2) is 3.88. The molecular weight excluding hydrogens is 154 g/mol. The van der Waals surface area contributed by atoms with Crippen molar-refractivity contribution in [3.63, 3.8) is 0 Å². The van der Waals surface area contributed by atoms with Crippen molar-refractivity contribution in [2.45, 2.75) is 6.92 Å². The van der Waals surface area contributed by atoms with E-state index in [0.717, 1.165) is 5.56 Å². The molecule has 0 saturated heterocycles. The van der Waals surface area contributed by atoms with Gasteiger partial charge in [-0.1, -0.05) is 17.7 Å². The fourth-order valence-corrected chi connectivity index (χ4v) is 0.841. The first-order valence-electron chi connectivity index (χ1n) is 3.68. The van der Waals surface area contributed by atoms with Gasteiger partial charge in [0.15, 0.2) is 0 Å². The molecule has 1 aromatic rings. The van der Waals surface area contributed by atoms with Crippen LogP contribution in [0, 0.1) is 6.92 Å². The zero-order valence-electron chi connectivity index (χ0n) is 7.13. The Morgan fingerprint density at radius 1 is 1.33 bits per heavy atom. The van der Waals surface area contributed by atoms with Crippen LogP contribution < -0.4 is 5.48 Å². The van der Waals surface area contributed by atoms with Crippen LogP contribution in [0.5, 0.6) is 0 Å². The van der Waals surface area contributed by atoms with Crippen LogP contribution in [0.3, 0.4) is 0 Å². The van der Waals surface area contributed by atoms with Crippen molar-refractivity contribution in [2.75, 3.05) is 7.05 Å². The number of carbonyl (C=O) groups is 1. The summed E-state index contributed by atoms with van der Waals surface area (Å²) in [5.41, 5.74) is 4.00. The lowest BCUT2D eigenvalue weighted by Crippen LogP contribution is -2.14. The van der Waals surface area contributed by atoms with Gasteiger partial charge in [-0.3, -0.25) is 0 Å². The molecule has 1 rings (SSSR count). The molecular formula is C9H11NO2. The molecule has 0 atom stereocenters. The lowest BCUT2D eigenvalue weighted by molar-refractivity contribution is 0.0310. The van der Waals surface area contributed by atoms with Crippen LogP contribution in [0.25, 0.3) is 0 Å². The molecule has 3 nitrogen and oxygen atoms in total. The second-order valence-corrected chi connectivity index (χ2v) is 2.46. The molecule has 64 valence electrons. The molecule has 0 bridgehead atoms. The summed E-state index contributed by atoms with van der Waals surface area (Å²) in [6.07, 6.45) is 0. The summed E-state index contributed by atoms with van der Waals surface area (Å²) in [6.45, 7) is 1.97. The first-order chi connectivity index (χ1) is 5.74. The van der Waals surface area contributed by atoms with Gasteiger partial charge in [0, 0.05) is 7.05 Å². The Labute approximate surface area is 71.3 Å². The Morgan fingerprint density at radius 3 is 2.42 bits per heavy atom. The zero-order valence-corrected chi connectivity index (χ0v) is 7.13. The van der Waals surface area contributed by atoms with Crippen LogP contribution in [0.4, 0.5) is 0 Å². The van der Waals surface area contributed by atoms with Crippen molar-refractivity contribution < 1.29 is 9.63 Å². The molecule has 0 aliphatic rings. The van der Waals surface area contributed by atoms with Gasteiger partial charge < -0.3 is 4.84 Å². The largest absolute Gasteiger partial charge is 0.367 e. The summed E-state index contributed by atoms with van der Waals surface area (Å²) in [4.78, 5) is 15.7. The molecule has 0 spiro atoms. The van der Waals surface area contributed by atoms with Crippen molar-refractivity contribution >= 4 is 5.97 Å². The van der Waals surface area contributed by atoms with Gasteiger partial charge in [0.2, 0.25) is 0 Å². The van der Waals surface area contributed by atoms with Crippen LogP contribution in [0.1, 0.15) is 15.9 Å². The predicted molar refractivity (Wildman–Crippen MR) is 45.7 cm³/mol. The van der Waals surface area contributed by atoms with Crippen molar-refractivity contribution in [3.05, 3.63) is 35.4 Å². The third kappa shape index (κ3) is 2.07. The van der Waals surface area contributed by atoms with Crippen LogP contribution in [-0.4, -0.2) is 13.0 Å². The molecule has 0 radical (unpaired) electrons. The van der Waals surface area contributed by atoms with E-state index in [9.17, 15) is 4.79 Å². The molecule has 1 aromatic carbocycles. The van der Waals surface area contributed by atoms with Crippen LogP contribution in [0.15, 0.2) is 24.3 Å². The van der Waals surface area contributed by atoms with Gasteiger partial charge in [-0.2, -0.15) is 5.48 Å². The molecule has 3 heteroatoms. The summed E-state index contributed by atoms with van der Waals surface area (Å²) in [5, 5.41) is 0. The molecule has 0 saturated carbocycles. The highest BCUT2D eigenvalue weighted by Gasteiger charge is 2.04. The SMILES string of the molecule is CNOC(=O)c1ccc(C)cc1. The second-order valence-electron chi connectivity index (χ2n) is 2.46. The summed E-state index contributed by atoms with van der Waals surface area (Å²) < 4.78 is 0. The third-order valence-corrected chi connectivity index (χ3v) is 1.48. The van der Waals surface area contributed by atoms with E-state index in [4.69, 9.17) is 0 Å². The van der Waals surface area contributed by atoms with E-state index in [-0.39, 0.29) is 5.97 Å². The molecule has 0 aromatic heterocycles. The smallest absolute Gasteiger partial charge is 0.356 e. The lowest BCUT2D eigenvalue weighted by Gasteiger charge is -2.00. The van der Waals surface area contributed by atoms with Gasteiger partial charge in [0.05, 0.1) is 5.56 Å². The molecule has 0 unspecified atom stereocenters. The average Bonchev–Trinajstić information content (AvgIpc) is 2.06. The molecule has 0 aliphatic heterocycles. The summed E-state index contributed by atoms with van der Waals surface area (Å²) in [6, 6.07) is 7.20. The van der Waals surface area contributed by atoms with E-state index >= 15 is 0 Å². The number of benzene rings is 1. The van der Waals surface area contributed by atoms with Gasteiger partial charge in [0.1, 0.15) is 0 Å². The van der Waals surface area contributed by atoms with Crippen molar-refractivity contribution in [1.82, 2.24) is 5.48 Å². The summed E-state index contributed by atoms with van der Waals surface area (Å²) >= 11 is 0. The topological polar surface area (TPSA) is 38.3 Å². The minimum Gasteiger partial charge on any atom is -0.367 e. The maximum absolute atomic E-state index is 11.1. The van der Waals surface area contributed by atoms with E-state index in [0.29, 0.717) is 5.56 Å². The third-order valence-electron chi connectivity index (χ3n) is 1.48. The molecule has 1 N–H and O–H groups in total. The number of carbonyl (C=O) groups excluding carboxylic acids is 1. The Balaban J connectivity index is 2.75. The first kappa shape index (κ1) is 8.74. The normalized spacial score (nSPS) is 9.50. The maximum Gasteiger partial charge on any atom is 0.356 e. The predicted octanol–water partition coefficient (Wildman–Crippen LogP) is 1.29. The number of rotatable bonds is 2. The Hall–Kier alpha value is -1.35. The minimum absolute atomic E-state index is 0.363. The van der Waals surface area contributed by atoms with Crippen LogP contribution >= 0.6 is 0 Å². The van der Waals surface area contributed by atoms with Crippen molar-refractivity contribution in [2.24, 2.45) is 0 Å². The van der Waals surface area contributed by atoms with Gasteiger partial charge in [-0.25, -0.2) is 4.79 Å². The maximum atomic E-state index is 11.1. The highest BCUT2D eigenvalue weighted by atomic mass is 16.7. The Bertz CT molecular complexity index is 266. The van der Waals surface area contributed by atoms with E-state index in [2.05, 4.69) is 10.3 Å². The molecule has 0 heterocycles. The standard InChI is InChI=1S/C9H11NO2/c1-7-3-5-8(6-4-7)9(11)12-10-2/h3-6,10H,1-2H3. The van der Waals surface area contributed by atoms with Crippen molar-refractivity contribution in [1.29, 1.82) is 0 Å². The molecule has 12 heavy (non-hydrogen) atoms. The minimum atomic E-state index is -0.363. The van der Waals surface area contributed by atoms with Gasteiger partial charge in [0.25, 0.3) is 0 Å². The molecule has 0 fully saturated rings. The van der Waals surface area contributed by atoms with Crippen molar-refractivity contribution in [3.8, 4) is 0 Å². The van der Waals surface area contributed by atoms with E-state index in [1.54, 1.807) is 19.2 Å². The monoisotopic (exact) mass is 165 g/mol. The van der Waals surface area contributed by atoms with Crippen LogP contribution in [0.2, 0.25) is 0 Å². The van der Waals surface area contributed by atoms with Gasteiger partial charge in [-0.05, 0) is 19.1 Å². The fourth-order valence-electron chi connectivity index (χ4n) is 0.841. The number of hydrogen-bond donors (Lipinski definition) is 1. The highest BCUT2D eigenvalue weighted by molar-refractivity contribution is 5.89. The van der Waals surface area contributed by atoms with Gasteiger partial charge >= 0.3 is 5.97 Å². The quantitative estimate of drug-likeness (QED) is 0.671. The Kier molecular flexibility index (Phi) is 2.82. The molecule has 0 amide bonds. The number of hydrogen-bond acceptors (Lipinski definition) is 3. The average molecular weight is 165 g/mol. The van der Waals surface area contributed by atoms with E-state index in [1.807, 2.05) is 19.1 Å². The zero-order chi connectivity index (χ0) is 8.97. The summed E-state index contributed by atoms with van der Waals surface area (Å²) in [7, 11) is 1.55. The van der Waals surface area contributed by atoms with Gasteiger partial charge in [-0.15, -0.1) is 0 Å². The first-order valence-corrected chi connectivity index (χ1v) is 3.68. The van der Waals surface area contributed by atoms with Crippen LogP contribution in [-0.2, 0) is 4.84 Å².